The maximum absolute atomic E-state index is 12.6. The third-order valence-corrected chi connectivity index (χ3v) is 27.4. The Balaban J connectivity index is 0.000000318. The molecule has 0 aliphatic carbocycles. The number of Topliss-reactive ketones (excluding diaryl/α,β-unsaturated/α-hetero) is 1. The van der Waals surface area contributed by atoms with Gasteiger partial charge in [0.15, 0.2) is 0 Å². The summed E-state index contributed by atoms with van der Waals surface area (Å²) in [4.78, 5) is 183. The molecule has 15 atom stereocenters. The number of hydrogen-bond acceptors (Lipinski definition) is 42. The van der Waals surface area contributed by atoms with Crippen LogP contribution in [0.1, 0.15) is 115 Å². The maximum Gasteiger partial charge on any atom is 0.407 e. The number of carboxylic acid groups (broad SMARTS) is 4. The Morgan fingerprint density at radius 2 is 0.903 bits per heavy atom. The summed E-state index contributed by atoms with van der Waals surface area (Å²) >= 11 is 3.85. The van der Waals surface area contributed by atoms with E-state index in [1.54, 1.807) is 26.5 Å². The van der Waals surface area contributed by atoms with Gasteiger partial charge in [0, 0.05) is 185 Å². The summed E-state index contributed by atoms with van der Waals surface area (Å²) in [5.41, 5.74) is 7.25. The van der Waals surface area contributed by atoms with Gasteiger partial charge >= 0.3 is 48.1 Å². The molecule has 812 valence electrons. The molecule has 15 unspecified atom stereocenters. The van der Waals surface area contributed by atoms with E-state index in [1.165, 1.54) is 31.2 Å². The molecule has 8 fully saturated rings. The van der Waals surface area contributed by atoms with Crippen LogP contribution in [0.2, 0.25) is 0 Å². The van der Waals surface area contributed by atoms with Crippen LogP contribution < -0.4 is 52.8 Å². The number of ketones is 1. The molecular formula is C88H142N18O36S2. The molecule has 21 N–H and O–H groups in total. The molecule has 0 spiro atoms. The average Bonchev–Trinajstić information content (AvgIpc) is 1.59. The largest absolute Gasteiger partial charge is 0.480 e. The highest BCUT2D eigenvalue weighted by Gasteiger charge is 2.48. The predicted octanol–water partition coefficient (Wildman–Crippen LogP) is -2.99. The number of carbonyl (C=O) groups excluding carboxylic acids is 9. The van der Waals surface area contributed by atoms with Crippen LogP contribution in [-0.4, -0.2) is 469 Å². The van der Waals surface area contributed by atoms with Gasteiger partial charge in [0.1, 0.15) is 80.6 Å². The first kappa shape index (κ1) is 122. The molecule has 56 heteroatoms. The van der Waals surface area contributed by atoms with Crippen molar-refractivity contribution in [2.24, 2.45) is 11.5 Å². The maximum atomic E-state index is 12.6. The summed E-state index contributed by atoms with van der Waals surface area (Å²) in [5.74, 6) is -2.31. The highest BCUT2D eigenvalue weighted by atomic mass is 32.2. The van der Waals surface area contributed by atoms with Gasteiger partial charge < -0.3 is 137 Å². The molecule has 2 aromatic carbocycles. The molecule has 0 aromatic heterocycles. The number of ether oxygens (including phenoxy) is 8. The predicted molar refractivity (Wildman–Crippen MR) is 512 cm³/mol. The highest BCUT2D eigenvalue weighted by molar-refractivity contribution is 8.00. The number of nitro groups is 2. The lowest BCUT2D eigenvalue weighted by Crippen LogP contribution is -2.60. The van der Waals surface area contributed by atoms with Crippen molar-refractivity contribution < 1.29 is 166 Å². The molecule has 0 radical (unpaired) electrons. The summed E-state index contributed by atoms with van der Waals surface area (Å²) in [6.07, 6.45) is -2.81. The van der Waals surface area contributed by atoms with E-state index in [0.717, 1.165) is 87.8 Å². The van der Waals surface area contributed by atoms with Gasteiger partial charge in [-0.15, -0.1) is 0 Å². The normalized spacial score (nSPS) is 25.3. The number of amides is 8. The van der Waals surface area contributed by atoms with Gasteiger partial charge in [0.2, 0.25) is 24.4 Å². The fourth-order valence-corrected chi connectivity index (χ4v) is 19.4. The minimum absolute atomic E-state index is 0.00226. The van der Waals surface area contributed by atoms with Crippen LogP contribution in [0.25, 0.3) is 0 Å². The average molecular weight is 2090 g/mol. The highest BCUT2D eigenvalue weighted by Crippen LogP contribution is 2.37. The van der Waals surface area contributed by atoms with Crippen LogP contribution in [0.3, 0.4) is 0 Å². The van der Waals surface area contributed by atoms with E-state index in [0.29, 0.717) is 171 Å². The number of thioether (sulfide) groups is 2. The second-order valence-electron chi connectivity index (χ2n) is 35.4. The summed E-state index contributed by atoms with van der Waals surface area (Å²) in [6, 6.07) is 8.47. The van der Waals surface area contributed by atoms with E-state index in [1.807, 2.05) is 43.1 Å². The number of rotatable bonds is 46. The van der Waals surface area contributed by atoms with E-state index in [4.69, 9.17) is 43.6 Å². The smallest absolute Gasteiger partial charge is 0.407 e. The lowest BCUT2D eigenvalue weighted by molar-refractivity contribution is -0.386. The lowest BCUT2D eigenvalue weighted by atomic mass is 9.88. The number of carbonyl (C=O) groups is 13. The zero-order chi connectivity index (χ0) is 106. The number of primary amides is 2. The minimum Gasteiger partial charge on any atom is -0.480 e. The van der Waals surface area contributed by atoms with Crippen molar-refractivity contribution in [2.75, 3.05) is 195 Å². The zero-order valence-electron chi connectivity index (χ0n) is 81.1. The number of urea groups is 2. The Hall–Kier alpha value is -10.6. The third-order valence-electron chi connectivity index (χ3n) is 24.4. The van der Waals surface area contributed by atoms with E-state index in [-0.39, 0.29) is 118 Å². The summed E-state index contributed by atoms with van der Waals surface area (Å²) < 4.78 is 42.1. The van der Waals surface area contributed by atoms with E-state index in [2.05, 4.69) is 44.6 Å². The summed E-state index contributed by atoms with van der Waals surface area (Å²) in [5, 5.41) is 149. The van der Waals surface area contributed by atoms with Crippen LogP contribution in [0.15, 0.2) is 36.4 Å². The summed E-state index contributed by atoms with van der Waals surface area (Å²) in [7, 11) is 0. The fraction of sp³-hybridized carbons (Fsp3) is 0.716. The number of benzene rings is 2. The number of nitro benzene ring substituents is 2. The van der Waals surface area contributed by atoms with Gasteiger partial charge in [-0.1, -0.05) is 33.1 Å². The molecule has 10 rings (SSSR count). The van der Waals surface area contributed by atoms with Crippen molar-refractivity contribution >= 4 is 114 Å². The fourth-order valence-electron chi connectivity index (χ4n) is 16.3. The molecule has 8 heterocycles. The molecular weight excluding hydrogens is 1950 g/mol. The number of unbranched alkanes of at least 4 members (excludes halogenated alkanes) is 3. The second kappa shape index (κ2) is 65.1. The van der Waals surface area contributed by atoms with Crippen LogP contribution >= 0.6 is 23.5 Å². The van der Waals surface area contributed by atoms with E-state index >= 15 is 0 Å². The number of alkyl carbamates (subject to hydrolysis) is 2. The second-order valence-corrected chi connectivity index (χ2v) is 37.9. The molecule has 0 bridgehead atoms. The Morgan fingerprint density at radius 1 is 0.521 bits per heavy atom. The van der Waals surface area contributed by atoms with Gasteiger partial charge in [-0.05, 0) is 63.3 Å². The van der Waals surface area contributed by atoms with Gasteiger partial charge in [0.05, 0.1) is 102 Å². The van der Waals surface area contributed by atoms with E-state index in [9.17, 15) is 139 Å². The Kier molecular flexibility index (Phi) is 55.2. The van der Waals surface area contributed by atoms with Crippen molar-refractivity contribution in [1.29, 1.82) is 0 Å². The number of hydrogen-bond donors (Lipinski definition) is 19. The topological polar surface area (TPSA) is 755 Å². The van der Waals surface area contributed by atoms with Crippen molar-refractivity contribution in [1.82, 2.24) is 71.1 Å². The van der Waals surface area contributed by atoms with Gasteiger partial charge in [-0.25, -0.2) is 19.2 Å². The quantitative estimate of drug-likeness (QED) is 0.00785. The number of nitrogens with one attached hydrogen (secondary N) is 6. The van der Waals surface area contributed by atoms with Crippen LogP contribution in [0, 0.1) is 20.2 Å². The third kappa shape index (κ3) is 45.2. The SMILES string of the molecule is CC1(O)CC(Oc2ccc(COC(=O)NCCN3CCN(COC=O)CCN(CC(=O)O)CCN(CC(=O)O)CC3)c([N+](=O)[O-])c2)OC(CO)C1O.CCC(N)=O.CCCCC(=O)CCCCC1SCC2NC(=O)NC21.NC(=O)CCCCC1SCC2NC(=O)NC21.O=COCN1CCN(CCNC(=O)OCc2ccc(OC3OC(CO)C(O)C(O)C3O)cc2[N+](=O)[O-])CCN(CC(=O)O)CCN(CC(=O)O)CC1. The number of aliphatic hydroxyl groups excluding tert-OH is 6. The number of aliphatic carboxylic acids is 4. The summed E-state index contributed by atoms with van der Waals surface area (Å²) in [6.45, 7) is 9.08. The van der Waals surface area contributed by atoms with Crippen molar-refractivity contribution in [2.45, 2.75) is 207 Å². The molecule has 0 saturated carbocycles. The number of carboxylic acids is 4. The van der Waals surface area contributed by atoms with Crippen LogP contribution in [0.5, 0.6) is 11.5 Å². The Bertz CT molecular complexity index is 4400. The van der Waals surface area contributed by atoms with Crippen LogP contribution in [0.4, 0.5) is 30.6 Å². The number of nitrogens with zero attached hydrogens (tertiary/aromatic N) is 10. The number of aliphatic hydroxyl groups is 7. The minimum atomic E-state index is -1.74. The van der Waals surface area contributed by atoms with Crippen molar-refractivity contribution in [3.63, 3.8) is 0 Å². The molecule has 8 aliphatic rings. The van der Waals surface area contributed by atoms with Crippen LogP contribution in [-0.2, 0) is 84.8 Å². The van der Waals surface area contributed by atoms with Gasteiger partial charge in [-0.3, -0.25) is 103 Å². The Labute approximate surface area is 840 Å². The first-order chi connectivity index (χ1) is 68.6. The lowest BCUT2D eigenvalue weighted by Gasteiger charge is -2.42. The van der Waals surface area contributed by atoms with Crippen molar-refractivity contribution in [3.05, 3.63) is 67.8 Å². The first-order valence-corrected chi connectivity index (χ1v) is 49.6. The molecule has 2 aromatic rings. The first-order valence-electron chi connectivity index (χ1n) is 47.5. The molecule has 8 saturated heterocycles. The van der Waals surface area contributed by atoms with Crippen molar-refractivity contribution in [3.8, 4) is 11.5 Å². The molecule has 144 heavy (non-hydrogen) atoms. The standard InChI is InChI=1S/C31H48N6O15.C30H46N6O16.C14H24N2O2S.C10H17N3O2S.C3H7NO/c1-31(46)15-28(52-25(18-38)29(31)44)51-23-3-2-22(24(14-23)37(47)48)19-50-30(45)32-4-5-33-6-8-34(16-26(40)41)9-10-35(17-27(42)43)11-13-36(12-7-33)20-49-21-39;37-16-23-26(43)27(44)28(45)29(52-23)51-21-2-1-20(22(13-21)36(47)48)17-50-30(46)31-3-4-32-5-7-33(14-24(39)40)8-9-34(15-25(41)42)10-12-35(11-6-32)18-49-19-38;1-2-3-6-10(17)7-4-5-8-12-13-11(9-19-12)15-14(18)16-13;11-8(14)4-2-1-3-7-9-6(5-16-7)12-10(15)13-9;1-2-3(4)5/h2-3,14,21,25,28-29,38,44,46H,4-13,15-20H2,1H3,(H,32,45)(H,40,41)(H,42,43);1-2,13,19,23,26-29,37,43-45H,3-12,14-18H2,(H,31,46)(H,39,40)(H,41,42);11-13H,2-9H2,1H3,(H2,15,16,18);6-7,9H,1-5H2,(H2,11,14)(H2,12,13,15);2H2,1H3,(H2,4,5). The molecule has 8 amide bonds. The monoisotopic (exact) mass is 2090 g/mol. The molecule has 8 aliphatic heterocycles. The van der Waals surface area contributed by atoms with E-state index < -0.39 is 139 Å². The number of fused-ring (bicyclic) bond motifs is 2. The zero-order valence-corrected chi connectivity index (χ0v) is 82.7. The number of nitrogens with two attached hydrogens (primary N) is 2. The van der Waals surface area contributed by atoms with Gasteiger partial charge in [0.25, 0.3) is 24.3 Å². The van der Waals surface area contributed by atoms with Gasteiger partial charge in [-0.2, -0.15) is 23.5 Å². The molecule has 54 nitrogen and oxygen atoms in total. The Morgan fingerprint density at radius 3 is 1.27 bits per heavy atom.